The Hall–Kier alpha value is -2.56. The topological polar surface area (TPSA) is 47.6 Å². The fourth-order valence-electron chi connectivity index (χ4n) is 2.52. The van der Waals surface area contributed by atoms with E-state index in [9.17, 15) is 9.18 Å². The van der Waals surface area contributed by atoms with Gasteiger partial charge in [-0.15, -0.1) is 0 Å². The van der Waals surface area contributed by atoms with Gasteiger partial charge in [0.1, 0.15) is 5.82 Å². The van der Waals surface area contributed by atoms with Gasteiger partial charge in [-0.05, 0) is 54.3 Å². The van der Waals surface area contributed by atoms with Crippen LogP contribution in [0.4, 0.5) is 4.39 Å². The van der Waals surface area contributed by atoms with Gasteiger partial charge < -0.3 is 14.8 Å². The largest absolute Gasteiger partial charge is 0.493 e. The van der Waals surface area contributed by atoms with Crippen LogP contribution in [-0.4, -0.2) is 26.7 Å². The smallest absolute Gasteiger partial charge is 0.224 e. The summed E-state index contributed by atoms with van der Waals surface area (Å²) in [5, 5.41) is 2.86. The van der Waals surface area contributed by atoms with Crippen LogP contribution in [0.5, 0.6) is 11.5 Å². The molecule has 0 aliphatic heterocycles. The zero-order valence-electron chi connectivity index (χ0n) is 14.2. The molecule has 24 heavy (non-hydrogen) atoms. The number of nitrogens with one attached hydrogen (secondary N) is 1. The van der Waals surface area contributed by atoms with Crippen molar-refractivity contribution in [1.82, 2.24) is 5.32 Å². The van der Waals surface area contributed by atoms with E-state index in [1.54, 1.807) is 26.4 Å². The highest BCUT2D eigenvalue weighted by atomic mass is 19.1. The van der Waals surface area contributed by atoms with Crippen molar-refractivity contribution in [2.75, 3.05) is 20.8 Å². The number of hydrogen-bond acceptors (Lipinski definition) is 3. The third-order valence-electron chi connectivity index (χ3n) is 3.81. The highest BCUT2D eigenvalue weighted by molar-refractivity contribution is 5.78. The van der Waals surface area contributed by atoms with Crippen molar-refractivity contribution in [2.45, 2.75) is 19.8 Å². The first-order chi connectivity index (χ1) is 11.5. The van der Waals surface area contributed by atoms with Crippen LogP contribution >= 0.6 is 0 Å². The average Bonchev–Trinajstić information content (AvgIpc) is 2.55. The Morgan fingerprint density at radius 2 is 1.83 bits per heavy atom. The van der Waals surface area contributed by atoms with Crippen LogP contribution in [0.3, 0.4) is 0 Å². The molecule has 0 saturated heterocycles. The first-order valence-electron chi connectivity index (χ1n) is 7.76. The molecule has 0 atom stereocenters. The lowest BCUT2D eigenvalue weighted by Crippen LogP contribution is -2.27. The van der Waals surface area contributed by atoms with Crippen molar-refractivity contribution in [1.29, 1.82) is 0 Å². The Labute approximate surface area is 141 Å². The molecule has 1 N–H and O–H groups in total. The maximum Gasteiger partial charge on any atom is 0.224 e. The summed E-state index contributed by atoms with van der Waals surface area (Å²) in [5.41, 5.74) is 2.82. The first kappa shape index (κ1) is 17.8. The molecule has 128 valence electrons. The third kappa shape index (κ3) is 4.72. The number of carbonyl (C=O) groups is 1. The Kier molecular flexibility index (Phi) is 6.18. The Bertz CT molecular complexity index is 716. The van der Waals surface area contributed by atoms with Crippen LogP contribution in [0.1, 0.15) is 16.7 Å². The molecule has 0 fully saturated rings. The monoisotopic (exact) mass is 331 g/mol. The molecular formula is C19H22FNO3. The highest BCUT2D eigenvalue weighted by Crippen LogP contribution is 2.30. The average molecular weight is 331 g/mol. The van der Waals surface area contributed by atoms with E-state index in [2.05, 4.69) is 5.32 Å². The van der Waals surface area contributed by atoms with E-state index in [0.29, 0.717) is 30.0 Å². The molecule has 2 aromatic rings. The van der Waals surface area contributed by atoms with Crippen LogP contribution in [0.15, 0.2) is 36.4 Å². The molecule has 5 heteroatoms. The van der Waals surface area contributed by atoms with Gasteiger partial charge >= 0.3 is 0 Å². The summed E-state index contributed by atoms with van der Waals surface area (Å²) >= 11 is 0. The van der Waals surface area contributed by atoms with E-state index >= 15 is 0 Å². The van der Waals surface area contributed by atoms with Gasteiger partial charge in [0.2, 0.25) is 5.91 Å². The van der Waals surface area contributed by atoms with Gasteiger partial charge in [0.05, 0.1) is 20.6 Å². The summed E-state index contributed by atoms with van der Waals surface area (Å²) < 4.78 is 23.7. The number of methoxy groups -OCH3 is 2. The second-order valence-corrected chi connectivity index (χ2v) is 5.54. The number of carbonyl (C=O) groups excluding carboxylic acids is 1. The zero-order valence-corrected chi connectivity index (χ0v) is 14.2. The van der Waals surface area contributed by atoms with E-state index in [0.717, 1.165) is 11.1 Å². The van der Waals surface area contributed by atoms with Gasteiger partial charge in [0.25, 0.3) is 0 Å². The van der Waals surface area contributed by atoms with Crippen LogP contribution in [0.25, 0.3) is 0 Å². The predicted octanol–water partition coefficient (Wildman–Crippen LogP) is 3.05. The van der Waals surface area contributed by atoms with Crippen molar-refractivity contribution in [2.24, 2.45) is 0 Å². The molecule has 1 amide bonds. The lowest BCUT2D eigenvalue weighted by Gasteiger charge is -2.13. The van der Waals surface area contributed by atoms with Crippen LogP contribution in [0, 0.1) is 12.7 Å². The van der Waals surface area contributed by atoms with E-state index < -0.39 is 0 Å². The maximum absolute atomic E-state index is 13.1. The summed E-state index contributed by atoms with van der Waals surface area (Å²) in [5.74, 6) is 0.901. The third-order valence-corrected chi connectivity index (χ3v) is 3.81. The van der Waals surface area contributed by atoms with Crippen LogP contribution in [-0.2, 0) is 17.6 Å². The van der Waals surface area contributed by atoms with E-state index in [1.165, 1.54) is 12.1 Å². The van der Waals surface area contributed by atoms with Gasteiger partial charge in [0, 0.05) is 6.54 Å². The highest BCUT2D eigenvalue weighted by Gasteiger charge is 2.09. The molecule has 2 rings (SSSR count). The molecule has 2 aromatic carbocycles. The standard InChI is InChI=1S/C19H22FNO3/c1-13-9-17(23-2)18(24-3)12-15(13)7-8-21-19(22)11-14-5-4-6-16(20)10-14/h4-6,9-10,12H,7-8,11H2,1-3H3,(H,21,22). The van der Waals surface area contributed by atoms with Crippen molar-refractivity contribution >= 4 is 5.91 Å². The number of halogens is 1. The normalized spacial score (nSPS) is 10.3. The Morgan fingerprint density at radius 3 is 2.50 bits per heavy atom. The van der Waals surface area contributed by atoms with Gasteiger partial charge in [-0.2, -0.15) is 0 Å². The van der Waals surface area contributed by atoms with Gasteiger partial charge in [-0.25, -0.2) is 4.39 Å². The van der Waals surface area contributed by atoms with E-state index in [1.807, 2.05) is 19.1 Å². The second-order valence-electron chi connectivity index (χ2n) is 5.54. The molecule has 0 saturated carbocycles. The summed E-state index contributed by atoms with van der Waals surface area (Å²) in [6.45, 7) is 2.50. The molecule has 0 unspecified atom stereocenters. The number of aryl methyl sites for hydroxylation is 1. The van der Waals surface area contributed by atoms with Gasteiger partial charge in [-0.1, -0.05) is 12.1 Å². The Balaban J connectivity index is 1.90. The minimum absolute atomic E-state index is 0.126. The molecular weight excluding hydrogens is 309 g/mol. The number of hydrogen-bond donors (Lipinski definition) is 1. The minimum atomic E-state index is -0.332. The molecule has 0 radical (unpaired) electrons. The Morgan fingerprint density at radius 1 is 1.12 bits per heavy atom. The molecule has 0 aromatic heterocycles. The summed E-state index contributed by atoms with van der Waals surface area (Å²) in [4.78, 5) is 11.9. The minimum Gasteiger partial charge on any atom is -0.493 e. The molecule has 0 aliphatic rings. The lowest BCUT2D eigenvalue weighted by molar-refractivity contribution is -0.120. The number of benzene rings is 2. The van der Waals surface area contributed by atoms with Crippen molar-refractivity contribution in [3.8, 4) is 11.5 Å². The predicted molar refractivity (Wildman–Crippen MR) is 91.1 cm³/mol. The van der Waals surface area contributed by atoms with E-state index in [-0.39, 0.29) is 18.1 Å². The van der Waals surface area contributed by atoms with Crippen LogP contribution in [0.2, 0.25) is 0 Å². The maximum atomic E-state index is 13.1. The molecule has 4 nitrogen and oxygen atoms in total. The molecule has 0 spiro atoms. The van der Waals surface area contributed by atoms with Crippen molar-refractivity contribution in [3.63, 3.8) is 0 Å². The summed E-state index contributed by atoms with van der Waals surface area (Å²) in [6.07, 6.45) is 0.851. The SMILES string of the molecule is COc1cc(C)c(CCNC(=O)Cc2cccc(F)c2)cc1OC. The number of rotatable bonds is 7. The van der Waals surface area contributed by atoms with Gasteiger partial charge in [0.15, 0.2) is 11.5 Å². The molecule has 0 aliphatic carbocycles. The van der Waals surface area contributed by atoms with E-state index in [4.69, 9.17) is 9.47 Å². The molecule has 0 heterocycles. The molecule has 0 bridgehead atoms. The lowest BCUT2D eigenvalue weighted by atomic mass is 10.0. The fraction of sp³-hybridized carbons (Fsp3) is 0.316. The fourth-order valence-corrected chi connectivity index (χ4v) is 2.52. The summed E-state index contributed by atoms with van der Waals surface area (Å²) in [6, 6.07) is 9.92. The van der Waals surface area contributed by atoms with Crippen molar-refractivity contribution in [3.05, 3.63) is 58.9 Å². The number of amides is 1. The first-order valence-corrected chi connectivity index (χ1v) is 7.76. The second kappa shape index (κ2) is 8.34. The zero-order chi connectivity index (χ0) is 17.5. The summed E-state index contributed by atoms with van der Waals surface area (Å²) in [7, 11) is 3.20. The van der Waals surface area contributed by atoms with Crippen LogP contribution < -0.4 is 14.8 Å². The van der Waals surface area contributed by atoms with Crippen molar-refractivity contribution < 1.29 is 18.7 Å². The number of ether oxygens (including phenoxy) is 2. The van der Waals surface area contributed by atoms with Gasteiger partial charge in [-0.3, -0.25) is 4.79 Å². The quantitative estimate of drug-likeness (QED) is 0.848.